The van der Waals surface area contributed by atoms with E-state index in [9.17, 15) is 43.9 Å². The van der Waals surface area contributed by atoms with E-state index in [1.807, 2.05) is 4.72 Å². The zero-order valence-electron chi connectivity index (χ0n) is 18.1. The molecule has 0 saturated heterocycles. The molecule has 0 unspecified atom stereocenters. The fourth-order valence-corrected chi connectivity index (χ4v) is 4.29. The molecule has 1 aliphatic rings. The van der Waals surface area contributed by atoms with E-state index >= 15 is 0 Å². The summed E-state index contributed by atoms with van der Waals surface area (Å²) in [5.74, 6) is -5.36. The molecule has 0 bridgehead atoms. The van der Waals surface area contributed by atoms with Crippen molar-refractivity contribution in [3.63, 3.8) is 0 Å². The number of carbonyl (C=O) groups excluding carboxylic acids is 2. The van der Waals surface area contributed by atoms with Crippen molar-refractivity contribution < 1.29 is 64.3 Å². The number of anilines is 1. The van der Waals surface area contributed by atoms with Crippen molar-refractivity contribution in [2.45, 2.75) is 36.0 Å². The Kier molecular flexibility index (Phi) is 8.25. The number of rotatable bonds is 5. The Morgan fingerprint density at radius 2 is 1.64 bits per heavy atom. The lowest BCUT2D eigenvalue weighted by Gasteiger charge is -2.15. The van der Waals surface area contributed by atoms with Crippen LogP contribution in [0.2, 0.25) is 0 Å². The highest BCUT2D eigenvalue weighted by atomic mass is 32.2. The number of benzene rings is 2. The summed E-state index contributed by atoms with van der Waals surface area (Å²) in [4.78, 5) is 20.3. The van der Waals surface area contributed by atoms with Crippen molar-refractivity contribution in [3.05, 3.63) is 52.8 Å². The first-order chi connectivity index (χ1) is 16.4. The van der Waals surface area contributed by atoms with E-state index < -0.39 is 51.4 Å². The van der Waals surface area contributed by atoms with Crippen molar-refractivity contribution in [2.75, 3.05) is 11.8 Å². The highest BCUT2D eigenvalue weighted by Gasteiger charge is 2.37. The van der Waals surface area contributed by atoms with Gasteiger partial charge in [-0.2, -0.15) is 26.3 Å². The minimum Gasteiger partial charge on any atom is -0.542 e. The van der Waals surface area contributed by atoms with Crippen LogP contribution in [0.5, 0.6) is 0 Å². The van der Waals surface area contributed by atoms with E-state index in [0.29, 0.717) is 17.7 Å². The quantitative estimate of drug-likeness (QED) is 0.436. The van der Waals surface area contributed by atoms with E-state index in [-0.39, 0.29) is 22.1 Å². The molecule has 1 fully saturated rings. The maximum Gasteiger partial charge on any atom is 0.430 e. The monoisotopic (exact) mass is 546 g/mol. The lowest BCUT2D eigenvalue weighted by atomic mass is 10.1. The molecule has 3 rings (SSSR count). The normalized spacial score (nSPS) is 13.9. The number of quaternary nitrogens is 1. The Hall–Kier alpha value is -3.40. The molecule has 36 heavy (non-hydrogen) atoms. The number of esters is 1. The van der Waals surface area contributed by atoms with Gasteiger partial charge in [-0.1, -0.05) is 6.07 Å². The highest BCUT2D eigenvalue weighted by Crippen LogP contribution is 2.44. The molecule has 1 aliphatic carbocycles. The second-order valence-electron chi connectivity index (χ2n) is 7.40. The first-order valence-corrected chi connectivity index (χ1v) is 11.1. The lowest BCUT2D eigenvalue weighted by molar-refractivity contribution is -0.344. The standard InChI is InChI=1S/C18H16F4N2O4S.C2HF3O2/c1-28-17(25)10-4-5-11(9-2-3-9)16(6-10)29(26,27)24-15-7-12(18(20,21)22)13(19)8-14(15)23;3-2(4,5)1(6)7/h4-9,24H,2-3,23H2,1H3;(H,6,7). The van der Waals surface area contributed by atoms with Crippen LogP contribution in [0.1, 0.15) is 40.2 Å². The fourth-order valence-electron chi connectivity index (χ4n) is 2.87. The van der Waals surface area contributed by atoms with Gasteiger partial charge in [-0.15, -0.1) is 0 Å². The summed E-state index contributed by atoms with van der Waals surface area (Å²) >= 11 is 0. The number of halogens is 7. The molecule has 0 atom stereocenters. The van der Waals surface area contributed by atoms with Gasteiger partial charge in [0, 0.05) is 6.07 Å². The molecular formula is C20H17F7N2O6S. The van der Waals surface area contributed by atoms with E-state index in [4.69, 9.17) is 9.90 Å². The second kappa shape index (κ2) is 10.3. The number of methoxy groups -OCH3 is 1. The van der Waals surface area contributed by atoms with Crippen molar-refractivity contribution in [3.8, 4) is 0 Å². The number of ether oxygens (including phenoxy) is 1. The minimum atomic E-state index is -5.19. The third kappa shape index (κ3) is 7.07. The molecule has 0 heterocycles. The van der Waals surface area contributed by atoms with Crippen molar-refractivity contribution in [2.24, 2.45) is 0 Å². The first-order valence-electron chi connectivity index (χ1n) is 9.64. The van der Waals surface area contributed by atoms with Crippen LogP contribution in [-0.2, 0) is 25.7 Å². The van der Waals surface area contributed by atoms with E-state index in [0.717, 1.165) is 26.0 Å². The Morgan fingerprint density at radius 3 is 2.08 bits per heavy atom. The predicted molar refractivity (Wildman–Crippen MR) is 106 cm³/mol. The fraction of sp³-hybridized carbons (Fsp3) is 0.300. The molecule has 0 amide bonds. The van der Waals surface area contributed by atoms with E-state index in [1.165, 1.54) is 12.1 Å². The van der Waals surface area contributed by atoms with Crippen LogP contribution in [0.3, 0.4) is 0 Å². The zero-order chi connectivity index (χ0) is 27.6. The average molecular weight is 546 g/mol. The number of hydrogen-bond acceptors (Lipinski definition) is 6. The third-order valence-corrected chi connectivity index (χ3v) is 6.14. The molecule has 0 aromatic heterocycles. The van der Waals surface area contributed by atoms with Crippen molar-refractivity contribution >= 4 is 33.3 Å². The number of aliphatic carboxylic acids is 1. The van der Waals surface area contributed by atoms with Gasteiger partial charge in [-0.05, 0) is 42.5 Å². The third-order valence-electron chi connectivity index (χ3n) is 4.72. The van der Waals surface area contributed by atoms with Crippen molar-refractivity contribution in [1.29, 1.82) is 0 Å². The number of sulfonamides is 1. The first kappa shape index (κ1) is 28.8. The van der Waals surface area contributed by atoms with Gasteiger partial charge in [0.2, 0.25) is 0 Å². The van der Waals surface area contributed by atoms with Crippen molar-refractivity contribution in [1.82, 2.24) is 0 Å². The maximum atomic E-state index is 13.7. The number of alkyl halides is 6. The molecular weight excluding hydrogens is 529 g/mol. The number of carbonyl (C=O) groups is 2. The van der Waals surface area contributed by atoms with Gasteiger partial charge in [0.1, 0.15) is 17.5 Å². The summed E-state index contributed by atoms with van der Waals surface area (Å²) in [6.45, 7) is 0. The summed E-state index contributed by atoms with van der Waals surface area (Å²) in [5, 5.41) is 8.78. The van der Waals surface area contributed by atoms with Crippen LogP contribution >= 0.6 is 0 Å². The topological polar surface area (TPSA) is 140 Å². The largest absolute Gasteiger partial charge is 0.542 e. The number of carboxylic acids is 1. The Labute approximate surface area is 198 Å². The zero-order valence-corrected chi connectivity index (χ0v) is 18.9. The van der Waals surface area contributed by atoms with Gasteiger partial charge in [0.25, 0.3) is 10.0 Å². The molecule has 0 aliphatic heterocycles. The molecule has 4 N–H and O–H groups in total. The van der Waals surface area contributed by atoms with Crippen LogP contribution in [0.15, 0.2) is 35.2 Å². The molecule has 2 aromatic carbocycles. The molecule has 0 spiro atoms. The summed E-state index contributed by atoms with van der Waals surface area (Å²) in [7, 11) is -3.26. The molecule has 16 heteroatoms. The molecule has 8 nitrogen and oxygen atoms in total. The Bertz CT molecular complexity index is 1270. The van der Waals surface area contributed by atoms with Crippen LogP contribution in [0.4, 0.5) is 42.1 Å². The number of nitrogens with one attached hydrogen (secondary N) is 1. The summed E-state index contributed by atoms with van der Waals surface area (Å²) < 4.78 is 117. The van der Waals surface area contributed by atoms with Crippen LogP contribution < -0.4 is 15.6 Å². The van der Waals surface area contributed by atoms with Gasteiger partial charge in [0.15, 0.2) is 5.69 Å². The van der Waals surface area contributed by atoms with Crippen LogP contribution in [0, 0.1) is 5.82 Å². The van der Waals surface area contributed by atoms with Gasteiger partial charge in [0.05, 0.1) is 23.1 Å². The van der Waals surface area contributed by atoms with E-state index in [1.54, 1.807) is 0 Å². The number of carboxylic acid groups (broad SMARTS) is 1. The predicted octanol–water partition coefficient (Wildman–Crippen LogP) is 2.48. The Balaban J connectivity index is 0.000000572. The smallest absolute Gasteiger partial charge is 0.430 e. The lowest BCUT2D eigenvalue weighted by Crippen LogP contribution is -2.41. The Morgan fingerprint density at radius 1 is 1.08 bits per heavy atom. The molecule has 198 valence electrons. The minimum absolute atomic E-state index is 0.0257. The number of hydrogen-bond donors (Lipinski definition) is 2. The highest BCUT2D eigenvalue weighted by molar-refractivity contribution is 7.92. The van der Waals surface area contributed by atoms with Gasteiger partial charge in [-0.3, -0.25) is 4.72 Å². The van der Waals surface area contributed by atoms with Crippen LogP contribution in [-0.4, -0.2) is 33.6 Å². The van der Waals surface area contributed by atoms with Crippen LogP contribution in [0.25, 0.3) is 0 Å². The summed E-state index contributed by atoms with van der Waals surface area (Å²) in [5.41, 5.74) is 1.42. The van der Waals surface area contributed by atoms with Gasteiger partial charge in [-0.25, -0.2) is 17.6 Å². The van der Waals surface area contributed by atoms with Gasteiger partial charge >= 0.3 is 18.3 Å². The molecule has 1 saturated carbocycles. The maximum absolute atomic E-state index is 13.7. The average Bonchev–Trinajstić information content (AvgIpc) is 3.59. The molecule has 0 radical (unpaired) electrons. The summed E-state index contributed by atoms with van der Waals surface area (Å²) in [6.07, 6.45) is -8.72. The SMILES string of the molecule is COC(=O)c1ccc(C2CC2)c(S(=O)(=O)Nc2cc(C(F)(F)F)c(F)cc2[NH3+])c1.O=C([O-])C(F)(F)F. The van der Waals surface area contributed by atoms with Gasteiger partial charge < -0.3 is 20.4 Å². The second-order valence-corrected chi connectivity index (χ2v) is 9.05. The summed E-state index contributed by atoms with van der Waals surface area (Å²) in [6, 6.07) is 4.88. The molecule has 2 aromatic rings. The van der Waals surface area contributed by atoms with E-state index in [2.05, 4.69) is 10.5 Å².